The van der Waals surface area contributed by atoms with Crippen LogP contribution in [0, 0.1) is 5.92 Å². The van der Waals surface area contributed by atoms with Crippen molar-refractivity contribution in [2.45, 2.75) is 32.7 Å². The molecule has 0 aromatic carbocycles. The van der Waals surface area contributed by atoms with E-state index < -0.39 is 11.8 Å². The molecule has 0 spiro atoms. The van der Waals surface area contributed by atoms with Gasteiger partial charge in [0.05, 0.1) is 11.5 Å². The number of thiocarbonyl (C=S) groups is 1. The van der Waals surface area contributed by atoms with Crippen molar-refractivity contribution in [2.24, 2.45) is 11.7 Å². The molecule has 96 valence electrons. The lowest BCUT2D eigenvalue weighted by Crippen LogP contribution is -2.48. The molecule has 0 aliphatic carbocycles. The van der Waals surface area contributed by atoms with E-state index in [2.05, 4.69) is 31.4 Å². The largest absolute Gasteiger partial charge is 0.392 e. The summed E-state index contributed by atoms with van der Waals surface area (Å²) in [5.41, 5.74) is 5.26. The van der Waals surface area contributed by atoms with Crippen molar-refractivity contribution in [1.82, 2.24) is 10.2 Å². The van der Waals surface area contributed by atoms with Gasteiger partial charge in [0.15, 0.2) is 0 Å². The highest BCUT2D eigenvalue weighted by molar-refractivity contribution is 7.80. The van der Waals surface area contributed by atoms with Crippen LogP contribution in [0.15, 0.2) is 0 Å². The molecule has 1 heterocycles. The average molecular weight is 257 g/mol. The van der Waals surface area contributed by atoms with Crippen LogP contribution in [0.1, 0.15) is 26.7 Å². The van der Waals surface area contributed by atoms with Gasteiger partial charge < -0.3 is 16.0 Å². The highest BCUT2D eigenvalue weighted by Gasteiger charge is 2.33. The molecule has 6 heteroatoms. The van der Waals surface area contributed by atoms with Gasteiger partial charge in [0.2, 0.25) is 0 Å². The fraction of sp³-hybridized carbons (Fsp3) is 0.727. The number of nitrogens with one attached hydrogen (secondary N) is 1. The van der Waals surface area contributed by atoms with E-state index in [1.807, 2.05) is 0 Å². The zero-order valence-electron chi connectivity index (χ0n) is 10.2. The third-order valence-electron chi connectivity index (χ3n) is 2.95. The number of likely N-dealkylation sites (tertiary alicyclic amines) is 1. The Bertz CT molecular complexity index is 331. The van der Waals surface area contributed by atoms with E-state index in [9.17, 15) is 9.59 Å². The van der Waals surface area contributed by atoms with Gasteiger partial charge in [-0.15, -0.1) is 0 Å². The van der Waals surface area contributed by atoms with Crippen molar-refractivity contribution in [1.29, 1.82) is 0 Å². The second-order valence-corrected chi connectivity index (χ2v) is 5.13. The van der Waals surface area contributed by atoms with Crippen molar-refractivity contribution >= 4 is 29.0 Å². The number of carbonyl (C=O) groups excluding carboxylic acids is 2. The maximum absolute atomic E-state index is 11.9. The maximum atomic E-state index is 11.9. The summed E-state index contributed by atoms with van der Waals surface area (Å²) in [4.78, 5) is 25.3. The Morgan fingerprint density at radius 2 is 2.18 bits per heavy atom. The van der Waals surface area contributed by atoms with Crippen LogP contribution in [0.5, 0.6) is 0 Å². The van der Waals surface area contributed by atoms with Gasteiger partial charge in [0.25, 0.3) is 0 Å². The Hall–Kier alpha value is -1.17. The average Bonchev–Trinajstić information content (AvgIpc) is 2.73. The first-order chi connectivity index (χ1) is 7.93. The number of hydrogen-bond acceptors (Lipinski definition) is 3. The summed E-state index contributed by atoms with van der Waals surface area (Å²) in [5, 5.41) is 2.42. The van der Waals surface area contributed by atoms with Crippen molar-refractivity contribution in [3.8, 4) is 0 Å². The zero-order chi connectivity index (χ0) is 13.0. The number of nitrogens with zero attached hydrogens (tertiary/aromatic N) is 1. The van der Waals surface area contributed by atoms with Gasteiger partial charge >= 0.3 is 11.8 Å². The summed E-state index contributed by atoms with van der Waals surface area (Å²) >= 11 is 4.64. The van der Waals surface area contributed by atoms with Crippen molar-refractivity contribution in [2.75, 3.05) is 13.1 Å². The Kier molecular flexibility index (Phi) is 4.86. The maximum Gasteiger partial charge on any atom is 0.312 e. The Labute approximate surface area is 107 Å². The summed E-state index contributed by atoms with van der Waals surface area (Å²) in [7, 11) is 0. The van der Waals surface area contributed by atoms with E-state index in [4.69, 9.17) is 5.73 Å². The zero-order valence-corrected chi connectivity index (χ0v) is 11.0. The molecule has 3 N–H and O–H groups in total. The quantitative estimate of drug-likeness (QED) is 0.553. The lowest BCUT2D eigenvalue weighted by molar-refractivity contribution is -0.146. The molecule has 1 fully saturated rings. The lowest BCUT2D eigenvalue weighted by atomic mass is 10.0. The van der Waals surface area contributed by atoms with Gasteiger partial charge in [-0.1, -0.05) is 26.1 Å². The molecule has 1 unspecified atom stereocenters. The summed E-state index contributed by atoms with van der Waals surface area (Å²) in [6.07, 6.45) is 1.92. The first-order valence-corrected chi connectivity index (χ1v) is 6.21. The lowest BCUT2D eigenvalue weighted by Gasteiger charge is -2.26. The minimum atomic E-state index is -0.620. The summed E-state index contributed by atoms with van der Waals surface area (Å²) in [6, 6.07) is 0.165. The summed E-state index contributed by atoms with van der Waals surface area (Å²) < 4.78 is 0. The minimum Gasteiger partial charge on any atom is -0.392 e. The van der Waals surface area contributed by atoms with E-state index in [1.165, 1.54) is 0 Å². The molecule has 0 aromatic rings. The van der Waals surface area contributed by atoms with Gasteiger partial charge in [0, 0.05) is 12.6 Å². The summed E-state index contributed by atoms with van der Waals surface area (Å²) in [6.45, 7) is 4.84. The molecule has 0 aromatic heterocycles. The number of nitrogens with two attached hydrogens (primary N) is 1. The molecule has 0 radical (unpaired) electrons. The third-order valence-corrected chi connectivity index (χ3v) is 3.09. The number of amides is 2. The molecule has 1 aliphatic rings. The normalized spacial score (nSPS) is 19.5. The highest BCUT2D eigenvalue weighted by atomic mass is 32.1. The monoisotopic (exact) mass is 257 g/mol. The van der Waals surface area contributed by atoms with Gasteiger partial charge in [-0.3, -0.25) is 9.59 Å². The Morgan fingerprint density at radius 1 is 1.53 bits per heavy atom. The number of carbonyl (C=O) groups is 2. The molecule has 5 nitrogen and oxygen atoms in total. The predicted octanol–water partition coefficient (Wildman–Crippen LogP) is 0.0357. The van der Waals surface area contributed by atoms with Crippen molar-refractivity contribution in [3.63, 3.8) is 0 Å². The molecule has 17 heavy (non-hydrogen) atoms. The molecule has 0 bridgehead atoms. The molecule has 1 atom stereocenters. The standard InChI is InChI=1S/C11H19N3O2S/c1-7(2)8-4-3-5-14(8)11(16)10(15)13-6-9(12)17/h7-8H,3-6H2,1-2H3,(H2,12,17)(H,13,15). The fourth-order valence-corrected chi connectivity index (χ4v) is 2.18. The third kappa shape index (κ3) is 3.66. The number of rotatable bonds is 3. The van der Waals surface area contributed by atoms with Gasteiger partial charge in [-0.25, -0.2) is 0 Å². The van der Waals surface area contributed by atoms with Crippen molar-refractivity contribution in [3.05, 3.63) is 0 Å². The topological polar surface area (TPSA) is 75.4 Å². The van der Waals surface area contributed by atoms with Crippen LogP contribution in [0.2, 0.25) is 0 Å². The fourth-order valence-electron chi connectivity index (χ4n) is 2.11. The second-order valence-electron chi connectivity index (χ2n) is 4.60. The molecule has 1 saturated heterocycles. The second kappa shape index (κ2) is 5.95. The van der Waals surface area contributed by atoms with E-state index in [0.717, 1.165) is 12.8 Å². The van der Waals surface area contributed by atoms with Crippen LogP contribution in [0.25, 0.3) is 0 Å². The first-order valence-electron chi connectivity index (χ1n) is 5.80. The Morgan fingerprint density at radius 3 is 2.71 bits per heavy atom. The molecule has 0 saturated carbocycles. The molecule has 2 amide bonds. The first kappa shape index (κ1) is 13.9. The van der Waals surface area contributed by atoms with Crippen LogP contribution >= 0.6 is 12.2 Å². The van der Waals surface area contributed by atoms with E-state index in [-0.39, 0.29) is 17.6 Å². The van der Waals surface area contributed by atoms with Crippen LogP contribution in [0.4, 0.5) is 0 Å². The van der Waals surface area contributed by atoms with E-state index in [0.29, 0.717) is 12.5 Å². The molecular weight excluding hydrogens is 238 g/mol. The van der Waals surface area contributed by atoms with Crippen molar-refractivity contribution < 1.29 is 9.59 Å². The van der Waals surface area contributed by atoms with Crippen LogP contribution in [0.3, 0.4) is 0 Å². The van der Waals surface area contributed by atoms with E-state index in [1.54, 1.807) is 4.90 Å². The minimum absolute atomic E-state index is 0.0695. The van der Waals surface area contributed by atoms with Gasteiger partial charge in [-0.05, 0) is 18.8 Å². The van der Waals surface area contributed by atoms with Crippen LogP contribution in [-0.2, 0) is 9.59 Å². The highest BCUT2D eigenvalue weighted by Crippen LogP contribution is 2.23. The molecule has 1 rings (SSSR count). The van der Waals surface area contributed by atoms with Crippen LogP contribution in [-0.4, -0.2) is 40.8 Å². The molecular formula is C11H19N3O2S. The predicted molar refractivity (Wildman–Crippen MR) is 69.4 cm³/mol. The van der Waals surface area contributed by atoms with E-state index >= 15 is 0 Å². The summed E-state index contributed by atoms with van der Waals surface area (Å²) in [5.74, 6) is -0.729. The van der Waals surface area contributed by atoms with Gasteiger partial charge in [0.1, 0.15) is 0 Å². The van der Waals surface area contributed by atoms with Gasteiger partial charge in [-0.2, -0.15) is 0 Å². The smallest absolute Gasteiger partial charge is 0.312 e. The number of hydrogen-bond donors (Lipinski definition) is 2. The SMILES string of the molecule is CC(C)C1CCCN1C(=O)C(=O)NCC(N)=S. The molecule has 1 aliphatic heterocycles. The van der Waals surface area contributed by atoms with Crippen LogP contribution < -0.4 is 11.1 Å². The Balaban J connectivity index is 2.56.